The van der Waals surface area contributed by atoms with Gasteiger partial charge >= 0.3 is 0 Å². The van der Waals surface area contributed by atoms with Crippen molar-refractivity contribution in [3.63, 3.8) is 0 Å². The number of nitrogens with zero attached hydrogens (tertiary/aromatic N) is 2. The number of aromatic nitrogens is 2. The summed E-state index contributed by atoms with van der Waals surface area (Å²) in [5.74, 6) is 0. The lowest BCUT2D eigenvalue weighted by molar-refractivity contribution is 0.230. The van der Waals surface area contributed by atoms with Crippen molar-refractivity contribution in [2.45, 2.75) is 39.7 Å². The van der Waals surface area contributed by atoms with Crippen LogP contribution < -0.4 is 0 Å². The maximum absolute atomic E-state index is 9.84. The Morgan fingerprint density at radius 1 is 1.57 bits per heavy atom. The maximum Gasteiger partial charge on any atom is 0.110 e. The predicted octanol–water partition coefficient (Wildman–Crippen LogP) is 2.49. The molecule has 1 atom stereocenters. The molecule has 0 radical (unpaired) electrons. The second-order valence-electron chi connectivity index (χ2n) is 3.52. The highest BCUT2D eigenvalue weighted by atomic mass is 32.1. The van der Waals surface area contributed by atoms with Crippen molar-refractivity contribution in [3.05, 3.63) is 22.2 Å². The molecule has 4 heteroatoms. The number of aryl methyl sites for hydroxylation is 1. The van der Waals surface area contributed by atoms with Gasteiger partial charge in [0.2, 0.25) is 0 Å². The van der Waals surface area contributed by atoms with Gasteiger partial charge in [0.05, 0.1) is 10.6 Å². The van der Waals surface area contributed by atoms with E-state index in [0.717, 1.165) is 29.0 Å². The zero-order valence-electron chi connectivity index (χ0n) is 8.82. The maximum atomic E-state index is 9.84. The second-order valence-corrected chi connectivity index (χ2v) is 4.31. The van der Waals surface area contributed by atoms with Gasteiger partial charge in [-0.1, -0.05) is 29.5 Å². The molecule has 0 spiro atoms. The number of aliphatic hydroxyl groups is 1. The van der Waals surface area contributed by atoms with E-state index in [9.17, 15) is 5.11 Å². The van der Waals surface area contributed by atoms with Crippen molar-refractivity contribution >= 4 is 11.5 Å². The summed E-state index contributed by atoms with van der Waals surface area (Å²) in [5, 5.41) is 13.9. The second kappa shape index (κ2) is 5.22. The Kier molecular flexibility index (Phi) is 4.22. The number of aliphatic hydroxyl groups excluding tert-OH is 1. The molecule has 1 aromatic rings. The van der Waals surface area contributed by atoms with Crippen molar-refractivity contribution in [2.24, 2.45) is 0 Å². The Balaban J connectivity index is 2.83. The van der Waals surface area contributed by atoms with Gasteiger partial charge in [-0.3, -0.25) is 0 Å². The fourth-order valence-electron chi connectivity index (χ4n) is 1.24. The SMILES string of the molecule is CCCc1nnsc1C(O)C=C(C)C. The zero-order valence-corrected chi connectivity index (χ0v) is 9.64. The molecular weight excluding hydrogens is 196 g/mol. The molecule has 0 aliphatic heterocycles. The van der Waals surface area contributed by atoms with E-state index in [2.05, 4.69) is 16.5 Å². The Labute approximate surface area is 88.6 Å². The molecule has 0 fully saturated rings. The third kappa shape index (κ3) is 2.89. The van der Waals surface area contributed by atoms with Gasteiger partial charge in [-0.2, -0.15) is 0 Å². The minimum atomic E-state index is -0.540. The molecule has 1 N–H and O–H groups in total. The highest BCUT2D eigenvalue weighted by molar-refractivity contribution is 7.05. The van der Waals surface area contributed by atoms with Gasteiger partial charge in [0.15, 0.2) is 0 Å². The summed E-state index contributed by atoms with van der Waals surface area (Å²) in [6.07, 6.45) is 3.20. The summed E-state index contributed by atoms with van der Waals surface area (Å²) < 4.78 is 3.87. The molecule has 0 saturated carbocycles. The molecule has 0 aliphatic carbocycles. The van der Waals surface area contributed by atoms with Crippen LogP contribution in [0.5, 0.6) is 0 Å². The van der Waals surface area contributed by atoms with E-state index in [1.807, 2.05) is 19.9 Å². The van der Waals surface area contributed by atoms with E-state index < -0.39 is 6.10 Å². The first-order chi connectivity index (χ1) is 6.65. The average Bonchev–Trinajstić information content (AvgIpc) is 2.51. The van der Waals surface area contributed by atoms with Crippen LogP contribution >= 0.6 is 11.5 Å². The predicted molar refractivity (Wildman–Crippen MR) is 58.3 cm³/mol. The Morgan fingerprint density at radius 2 is 2.29 bits per heavy atom. The van der Waals surface area contributed by atoms with Crippen LogP contribution in [0.1, 0.15) is 43.9 Å². The highest BCUT2D eigenvalue weighted by Gasteiger charge is 2.13. The Bertz CT molecular complexity index is 316. The highest BCUT2D eigenvalue weighted by Crippen LogP contribution is 2.23. The standard InChI is InChI=1S/C10H16N2OS/c1-4-5-8-10(14-12-11-8)9(13)6-7(2)3/h6,9,13H,4-5H2,1-3H3. The summed E-state index contributed by atoms with van der Waals surface area (Å²) in [4.78, 5) is 0.882. The van der Waals surface area contributed by atoms with E-state index in [0.29, 0.717) is 0 Å². The van der Waals surface area contributed by atoms with Crippen molar-refractivity contribution < 1.29 is 5.11 Å². The van der Waals surface area contributed by atoms with Gasteiger partial charge in [-0.25, -0.2) is 0 Å². The number of hydrogen-bond acceptors (Lipinski definition) is 4. The normalized spacial score (nSPS) is 12.6. The molecule has 0 saturated heterocycles. The molecule has 0 aromatic carbocycles. The van der Waals surface area contributed by atoms with Crippen molar-refractivity contribution in [2.75, 3.05) is 0 Å². The van der Waals surface area contributed by atoms with Gasteiger partial charge in [0.25, 0.3) is 0 Å². The van der Waals surface area contributed by atoms with Crippen LogP contribution in [0, 0.1) is 0 Å². The van der Waals surface area contributed by atoms with Crippen molar-refractivity contribution in [1.82, 2.24) is 9.59 Å². The molecule has 1 unspecified atom stereocenters. The smallest absolute Gasteiger partial charge is 0.110 e. The Morgan fingerprint density at radius 3 is 2.86 bits per heavy atom. The fourth-order valence-corrected chi connectivity index (χ4v) is 1.89. The van der Waals surface area contributed by atoms with Gasteiger partial charge in [-0.05, 0) is 31.8 Å². The monoisotopic (exact) mass is 212 g/mol. The number of hydrogen-bond donors (Lipinski definition) is 1. The quantitative estimate of drug-likeness (QED) is 0.780. The molecule has 0 bridgehead atoms. The lowest BCUT2D eigenvalue weighted by Gasteiger charge is -2.04. The first-order valence-corrected chi connectivity index (χ1v) is 5.56. The first-order valence-electron chi connectivity index (χ1n) is 4.79. The summed E-state index contributed by atoms with van der Waals surface area (Å²) in [5.41, 5.74) is 2.04. The number of allylic oxidation sites excluding steroid dienone is 1. The number of rotatable bonds is 4. The minimum Gasteiger partial charge on any atom is -0.383 e. The molecule has 1 rings (SSSR count). The van der Waals surface area contributed by atoms with Crippen LogP contribution in [0.25, 0.3) is 0 Å². The van der Waals surface area contributed by atoms with Crippen LogP contribution in [0.2, 0.25) is 0 Å². The molecule has 14 heavy (non-hydrogen) atoms. The minimum absolute atomic E-state index is 0.540. The molecule has 0 amide bonds. The van der Waals surface area contributed by atoms with E-state index in [1.54, 1.807) is 0 Å². The summed E-state index contributed by atoms with van der Waals surface area (Å²) in [7, 11) is 0. The molecule has 78 valence electrons. The zero-order chi connectivity index (χ0) is 10.6. The lowest BCUT2D eigenvalue weighted by Crippen LogP contribution is -1.96. The van der Waals surface area contributed by atoms with Crippen LogP contribution in [-0.4, -0.2) is 14.7 Å². The van der Waals surface area contributed by atoms with Crippen LogP contribution in [0.3, 0.4) is 0 Å². The average molecular weight is 212 g/mol. The third-order valence-corrected chi connectivity index (χ3v) is 2.67. The van der Waals surface area contributed by atoms with Gasteiger partial charge in [0, 0.05) is 0 Å². The van der Waals surface area contributed by atoms with E-state index in [1.165, 1.54) is 11.5 Å². The summed E-state index contributed by atoms with van der Waals surface area (Å²) in [6, 6.07) is 0. The summed E-state index contributed by atoms with van der Waals surface area (Å²) in [6.45, 7) is 6.03. The molecule has 1 aromatic heterocycles. The van der Waals surface area contributed by atoms with Crippen LogP contribution in [0.4, 0.5) is 0 Å². The van der Waals surface area contributed by atoms with Crippen molar-refractivity contribution in [3.8, 4) is 0 Å². The largest absolute Gasteiger partial charge is 0.383 e. The van der Waals surface area contributed by atoms with E-state index in [4.69, 9.17) is 0 Å². The Hall–Kier alpha value is -0.740. The topological polar surface area (TPSA) is 46.0 Å². The summed E-state index contributed by atoms with van der Waals surface area (Å²) >= 11 is 1.28. The molecular formula is C10H16N2OS. The molecule has 1 heterocycles. The molecule has 0 aliphatic rings. The molecule has 3 nitrogen and oxygen atoms in total. The van der Waals surface area contributed by atoms with E-state index >= 15 is 0 Å². The van der Waals surface area contributed by atoms with Crippen LogP contribution in [-0.2, 0) is 6.42 Å². The van der Waals surface area contributed by atoms with Gasteiger partial charge < -0.3 is 5.11 Å². The van der Waals surface area contributed by atoms with Crippen molar-refractivity contribution in [1.29, 1.82) is 0 Å². The lowest BCUT2D eigenvalue weighted by atomic mass is 10.1. The van der Waals surface area contributed by atoms with Gasteiger partial charge in [0.1, 0.15) is 6.10 Å². The fraction of sp³-hybridized carbons (Fsp3) is 0.600. The van der Waals surface area contributed by atoms with Gasteiger partial charge in [-0.15, -0.1) is 5.10 Å². The first kappa shape index (κ1) is 11.3. The van der Waals surface area contributed by atoms with E-state index in [-0.39, 0.29) is 0 Å². The third-order valence-electron chi connectivity index (χ3n) is 1.83. The van der Waals surface area contributed by atoms with Crippen LogP contribution in [0.15, 0.2) is 11.6 Å².